The fourth-order valence-electron chi connectivity index (χ4n) is 7.14. The van der Waals surface area contributed by atoms with Crippen molar-refractivity contribution in [3.8, 4) is 11.1 Å². The Hall–Kier alpha value is -3.09. The van der Waals surface area contributed by atoms with Gasteiger partial charge in [-0.2, -0.15) is 0 Å². The second-order valence-electron chi connectivity index (χ2n) is 11.9. The molecule has 7 rings (SSSR count). The molecule has 3 heteroatoms. The molecule has 0 N–H and O–H groups in total. The average molecular weight is 691 g/mol. The second kappa shape index (κ2) is 13.5. The summed E-state index contributed by atoms with van der Waals surface area (Å²) in [5, 5.41) is 0. The largest absolute Gasteiger partial charge is 1.00 e. The fraction of sp³-hybridized carbons (Fsp3) is 0.146. The molecule has 0 aliphatic heterocycles. The van der Waals surface area contributed by atoms with Crippen LogP contribution in [0.5, 0.6) is 0 Å². The number of benzene rings is 5. The first kappa shape index (κ1) is 32.3. The number of allylic oxidation sites excluding steroid dienone is 4. The van der Waals surface area contributed by atoms with Crippen LogP contribution < -0.4 is 24.8 Å². The van der Waals surface area contributed by atoms with Crippen molar-refractivity contribution in [3.05, 3.63) is 181 Å². The molecule has 1 atom stereocenters. The number of hydrogen-bond donors (Lipinski definition) is 0. The van der Waals surface area contributed by atoms with Crippen molar-refractivity contribution in [2.24, 2.45) is 5.92 Å². The van der Waals surface area contributed by atoms with Crippen molar-refractivity contribution in [1.29, 1.82) is 0 Å². The van der Waals surface area contributed by atoms with E-state index < -0.39 is 21.3 Å². The van der Waals surface area contributed by atoms with Gasteiger partial charge in [0, 0.05) is 0 Å². The summed E-state index contributed by atoms with van der Waals surface area (Å²) in [5.41, 5.74) is 15.5. The van der Waals surface area contributed by atoms with Crippen LogP contribution in [-0.2, 0) is 21.3 Å². The second-order valence-corrected chi connectivity index (χ2v) is 17.9. The summed E-state index contributed by atoms with van der Waals surface area (Å²) in [6.07, 6.45) is 2.55. The quantitative estimate of drug-likeness (QED) is 0.259. The average Bonchev–Trinajstić information content (AvgIpc) is 3.51. The van der Waals surface area contributed by atoms with E-state index in [0.717, 1.165) is 0 Å². The molecule has 2 aliphatic carbocycles. The molecule has 5 aromatic carbocycles. The van der Waals surface area contributed by atoms with Crippen LogP contribution in [0.4, 0.5) is 0 Å². The molecule has 0 fully saturated rings. The van der Waals surface area contributed by atoms with Gasteiger partial charge >= 0.3 is 260 Å². The van der Waals surface area contributed by atoms with Crippen molar-refractivity contribution in [1.82, 2.24) is 0 Å². The van der Waals surface area contributed by atoms with E-state index in [4.69, 9.17) is 0 Å². The van der Waals surface area contributed by atoms with Gasteiger partial charge in [-0.15, -0.1) is 0 Å². The van der Waals surface area contributed by atoms with Gasteiger partial charge in [-0.3, -0.25) is 0 Å². The number of aryl methyl sites for hydroxylation is 2. The molecule has 0 aromatic heterocycles. The maximum absolute atomic E-state index is 2.82. The summed E-state index contributed by atoms with van der Waals surface area (Å²) >= 11 is -2.82. The first-order chi connectivity index (χ1) is 20.5. The van der Waals surface area contributed by atoms with Gasteiger partial charge in [0.25, 0.3) is 0 Å². The number of fused-ring (bicyclic) bond motifs is 3. The van der Waals surface area contributed by atoms with Crippen LogP contribution in [0.15, 0.2) is 142 Å². The van der Waals surface area contributed by atoms with Crippen molar-refractivity contribution in [2.45, 2.75) is 31.3 Å². The van der Waals surface area contributed by atoms with E-state index in [2.05, 4.69) is 161 Å². The molecule has 5 aromatic rings. The van der Waals surface area contributed by atoms with Crippen LogP contribution >= 0.6 is 0 Å². The number of halogens is 2. The standard InChI is InChI=1S/C15H14.C13H9.C13H13.2ClH.Zr/c1-12-3-7-14(8-4-12)11-15-9-5-13(2)6-10-15;1-3-7-12-10(5-1)9-11-6-2-4-8-13(11)12;1-10-8-11(2)13(9-10)12-6-4-3-5-7-12;;;/h3-10H,1-2H3;1-9H;3-7,9-10H,1-2H3;2*1H;/q;;;;;+2/p-2. The predicted octanol–water partition coefficient (Wildman–Crippen LogP) is 4.28. The summed E-state index contributed by atoms with van der Waals surface area (Å²) in [6.45, 7) is 9.25. The van der Waals surface area contributed by atoms with Gasteiger partial charge in [0.05, 0.1) is 0 Å². The van der Waals surface area contributed by atoms with E-state index in [1.54, 1.807) is 6.49 Å². The van der Waals surface area contributed by atoms with Crippen molar-refractivity contribution in [2.75, 3.05) is 0 Å². The third-order valence-electron chi connectivity index (χ3n) is 9.13. The van der Waals surface area contributed by atoms with E-state index in [1.165, 1.54) is 61.2 Å². The van der Waals surface area contributed by atoms with E-state index in [9.17, 15) is 0 Å². The monoisotopic (exact) mass is 688 g/mol. The zero-order chi connectivity index (χ0) is 28.8. The van der Waals surface area contributed by atoms with Crippen LogP contribution in [0.3, 0.4) is 0 Å². The molecule has 1 unspecified atom stereocenters. The van der Waals surface area contributed by atoms with Gasteiger partial charge in [0.1, 0.15) is 0 Å². The van der Waals surface area contributed by atoms with Gasteiger partial charge in [0.15, 0.2) is 0 Å². The topological polar surface area (TPSA) is 0 Å². The Morgan fingerprint density at radius 3 is 1.50 bits per heavy atom. The molecule has 0 saturated carbocycles. The van der Waals surface area contributed by atoms with E-state index in [-0.39, 0.29) is 24.8 Å². The Morgan fingerprint density at radius 2 is 1.00 bits per heavy atom. The molecule has 0 radical (unpaired) electrons. The predicted molar refractivity (Wildman–Crippen MR) is 176 cm³/mol. The van der Waals surface area contributed by atoms with E-state index >= 15 is 0 Å². The molecule has 44 heavy (non-hydrogen) atoms. The zero-order valence-corrected chi connectivity index (χ0v) is 29.6. The molecule has 0 bridgehead atoms. The van der Waals surface area contributed by atoms with Crippen LogP contribution in [0.25, 0.3) is 16.7 Å². The summed E-state index contributed by atoms with van der Waals surface area (Å²) in [7, 11) is 0. The molecule has 0 spiro atoms. The molecule has 2 aliphatic rings. The van der Waals surface area contributed by atoms with Crippen molar-refractivity contribution >= 4 is 8.78 Å². The Labute approximate surface area is 282 Å². The SMILES string of the molecule is CC1=[C]([Zr+2](=[C](c2ccc(C)cc2)c2ccc(C)cc2)[CH]2c3ccccc3-c3ccccc32)C(C)C=C1c1ccccc1.[Cl-].[Cl-]. The van der Waals surface area contributed by atoms with Gasteiger partial charge in [0.2, 0.25) is 0 Å². The van der Waals surface area contributed by atoms with E-state index in [1.807, 2.05) is 0 Å². The first-order valence-corrected chi connectivity index (χ1v) is 18.9. The van der Waals surface area contributed by atoms with Crippen molar-refractivity contribution in [3.63, 3.8) is 0 Å². The molecular formula is C41H36Cl2Zr. The molecule has 0 nitrogen and oxygen atoms in total. The van der Waals surface area contributed by atoms with E-state index in [0.29, 0.717) is 9.54 Å². The van der Waals surface area contributed by atoms with Crippen LogP contribution in [0.1, 0.15) is 56.4 Å². The molecular weight excluding hydrogens is 655 g/mol. The van der Waals surface area contributed by atoms with Crippen LogP contribution in [-0.4, -0.2) is 3.21 Å². The number of rotatable bonds is 5. The number of hydrogen-bond acceptors (Lipinski definition) is 0. The van der Waals surface area contributed by atoms with Crippen LogP contribution in [0.2, 0.25) is 0 Å². The van der Waals surface area contributed by atoms with Gasteiger partial charge < -0.3 is 24.8 Å². The summed E-state index contributed by atoms with van der Waals surface area (Å²) in [5.74, 6) is 0.403. The van der Waals surface area contributed by atoms with Crippen LogP contribution in [0, 0.1) is 19.8 Å². The molecule has 218 valence electrons. The molecule has 0 heterocycles. The minimum Gasteiger partial charge on any atom is -1.00 e. The van der Waals surface area contributed by atoms with Gasteiger partial charge in [-0.25, -0.2) is 0 Å². The Bertz CT molecular complexity index is 1800. The molecule has 0 amide bonds. The third kappa shape index (κ3) is 5.72. The molecule has 0 saturated heterocycles. The van der Waals surface area contributed by atoms with Crippen molar-refractivity contribution < 1.29 is 46.1 Å². The first-order valence-electron chi connectivity index (χ1n) is 15.1. The summed E-state index contributed by atoms with van der Waals surface area (Å²) in [4.78, 5) is 0. The third-order valence-corrected chi connectivity index (χ3v) is 18.3. The summed E-state index contributed by atoms with van der Waals surface area (Å²) in [6, 6.07) is 48.2. The Morgan fingerprint density at radius 1 is 0.545 bits per heavy atom. The Kier molecular flexibility index (Phi) is 9.91. The maximum atomic E-state index is 2.55. The summed E-state index contributed by atoms with van der Waals surface area (Å²) < 4.78 is 3.75. The minimum atomic E-state index is -2.82. The Balaban J connectivity index is 0.00000192. The minimum absolute atomic E-state index is 0. The maximum Gasteiger partial charge on any atom is -1.00 e. The fourth-order valence-corrected chi connectivity index (χ4v) is 17.1. The van der Waals surface area contributed by atoms with Gasteiger partial charge in [-0.1, -0.05) is 0 Å². The normalized spacial score (nSPS) is 14.9. The zero-order valence-electron chi connectivity index (χ0n) is 25.6. The smallest absolute Gasteiger partial charge is 1.00 e. The van der Waals surface area contributed by atoms with Gasteiger partial charge in [-0.05, 0) is 0 Å².